The highest BCUT2D eigenvalue weighted by Crippen LogP contribution is 2.17. The van der Waals surface area contributed by atoms with Crippen molar-refractivity contribution >= 4 is 0 Å². The summed E-state index contributed by atoms with van der Waals surface area (Å²) in [6.45, 7) is 6.04. The van der Waals surface area contributed by atoms with Crippen molar-refractivity contribution < 1.29 is 0 Å². The molecule has 0 saturated heterocycles. The quantitative estimate of drug-likeness (QED) is 0.727. The molecule has 0 saturated carbocycles. The van der Waals surface area contributed by atoms with Crippen molar-refractivity contribution in [1.29, 1.82) is 5.26 Å². The molecule has 1 aromatic heterocycles. The summed E-state index contributed by atoms with van der Waals surface area (Å²) in [6, 6.07) is 9.65. The van der Waals surface area contributed by atoms with Gasteiger partial charge in [0, 0.05) is 11.4 Å². The van der Waals surface area contributed by atoms with E-state index in [1.54, 1.807) is 0 Å². The standard InChI is InChI=1S/C13H13N3/c1-9-10(2)16(11(3)15-9)13-6-4-12(8-14)5-7-13/h4-7H,1-3H3. The molecule has 0 N–H and O–H groups in total. The molecule has 0 atom stereocenters. The molecule has 1 heterocycles. The highest BCUT2D eigenvalue weighted by Gasteiger charge is 2.08. The molecule has 0 aliphatic heterocycles. The SMILES string of the molecule is Cc1nc(C)n(-c2ccc(C#N)cc2)c1C. The van der Waals surface area contributed by atoms with Crippen molar-refractivity contribution in [3.05, 3.63) is 47.0 Å². The molecule has 1 aromatic carbocycles. The van der Waals surface area contributed by atoms with Crippen molar-refractivity contribution in [2.24, 2.45) is 0 Å². The lowest BCUT2D eigenvalue weighted by molar-refractivity contribution is 0.940. The summed E-state index contributed by atoms with van der Waals surface area (Å²) in [7, 11) is 0. The van der Waals surface area contributed by atoms with Crippen molar-refractivity contribution in [2.75, 3.05) is 0 Å². The lowest BCUT2D eigenvalue weighted by Crippen LogP contribution is -1.99. The summed E-state index contributed by atoms with van der Waals surface area (Å²) >= 11 is 0. The van der Waals surface area contributed by atoms with Crippen LogP contribution in [0.25, 0.3) is 5.69 Å². The van der Waals surface area contributed by atoms with Crippen LogP contribution in [0.5, 0.6) is 0 Å². The zero-order chi connectivity index (χ0) is 11.7. The van der Waals surface area contributed by atoms with Gasteiger partial charge in [0.2, 0.25) is 0 Å². The fraction of sp³-hybridized carbons (Fsp3) is 0.231. The Morgan fingerprint density at radius 3 is 2.19 bits per heavy atom. The number of nitrogens with zero attached hydrogens (tertiary/aromatic N) is 3. The molecule has 2 rings (SSSR count). The summed E-state index contributed by atoms with van der Waals surface area (Å²) in [4.78, 5) is 4.43. The Hall–Kier alpha value is -2.08. The van der Waals surface area contributed by atoms with Crippen LogP contribution < -0.4 is 0 Å². The van der Waals surface area contributed by atoms with E-state index in [0.717, 1.165) is 22.9 Å². The Balaban J connectivity index is 2.55. The Morgan fingerprint density at radius 1 is 1.12 bits per heavy atom. The molecule has 0 aliphatic carbocycles. The normalized spacial score (nSPS) is 10.1. The van der Waals surface area contributed by atoms with Crippen LogP contribution in [0.2, 0.25) is 0 Å². The number of benzene rings is 1. The average Bonchev–Trinajstić information content (AvgIpc) is 2.54. The molecule has 3 heteroatoms. The predicted octanol–water partition coefficient (Wildman–Crippen LogP) is 2.67. The molecule has 16 heavy (non-hydrogen) atoms. The zero-order valence-electron chi connectivity index (χ0n) is 9.65. The first-order chi connectivity index (χ1) is 7.63. The van der Waals surface area contributed by atoms with Crippen molar-refractivity contribution in [1.82, 2.24) is 9.55 Å². The highest BCUT2D eigenvalue weighted by molar-refractivity contribution is 5.42. The number of aryl methyl sites for hydroxylation is 2. The topological polar surface area (TPSA) is 41.6 Å². The largest absolute Gasteiger partial charge is 0.301 e. The summed E-state index contributed by atoms with van der Waals surface area (Å²) in [6.07, 6.45) is 0. The molecule has 0 spiro atoms. The number of hydrogen-bond acceptors (Lipinski definition) is 2. The van der Waals surface area contributed by atoms with E-state index in [2.05, 4.69) is 15.6 Å². The van der Waals surface area contributed by atoms with E-state index >= 15 is 0 Å². The van der Waals surface area contributed by atoms with Gasteiger partial charge in [0.1, 0.15) is 5.82 Å². The van der Waals surface area contributed by atoms with Crippen molar-refractivity contribution in [3.8, 4) is 11.8 Å². The first-order valence-corrected chi connectivity index (χ1v) is 5.16. The van der Waals surface area contributed by atoms with Gasteiger partial charge in [-0.2, -0.15) is 5.26 Å². The van der Waals surface area contributed by atoms with Crippen molar-refractivity contribution in [2.45, 2.75) is 20.8 Å². The van der Waals surface area contributed by atoms with Gasteiger partial charge < -0.3 is 4.57 Å². The van der Waals surface area contributed by atoms with E-state index in [-0.39, 0.29) is 0 Å². The second-order valence-corrected chi connectivity index (χ2v) is 3.82. The minimum absolute atomic E-state index is 0.677. The second kappa shape index (κ2) is 3.82. The van der Waals surface area contributed by atoms with E-state index in [1.165, 1.54) is 0 Å². The average molecular weight is 211 g/mol. The van der Waals surface area contributed by atoms with Crippen LogP contribution in [0, 0.1) is 32.1 Å². The lowest BCUT2D eigenvalue weighted by atomic mass is 10.2. The third kappa shape index (κ3) is 1.59. The van der Waals surface area contributed by atoms with Crippen molar-refractivity contribution in [3.63, 3.8) is 0 Å². The first kappa shape index (κ1) is 10.4. The van der Waals surface area contributed by atoms with Crippen LogP contribution in [0.4, 0.5) is 0 Å². The Kier molecular flexibility index (Phi) is 2.49. The molecule has 0 fully saturated rings. The van der Waals surface area contributed by atoms with Gasteiger partial charge in [-0.1, -0.05) is 0 Å². The van der Waals surface area contributed by atoms with Gasteiger partial charge in [-0.3, -0.25) is 0 Å². The third-order valence-electron chi connectivity index (χ3n) is 2.77. The van der Waals surface area contributed by atoms with Crippen LogP contribution in [0.1, 0.15) is 22.8 Å². The highest BCUT2D eigenvalue weighted by atomic mass is 15.1. The molecule has 2 aromatic rings. The molecule has 3 nitrogen and oxygen atoms in total. The summed E-state index contributed by atoms with van der Waals surface area (Å²) < 4.78 is 2.09. The third-order valence-corrected chi connectivity index (χ3v) is 2.77. The van der Waals surface area contributed by atoms with Crippen LogP contribution in [-0.4, -0.2) is 9.55 Å². The maximum atomic E-state index is 8.74. The monoisotopic (exact) mass is 211 g/mol. The van der Waals surface area contributed by atoms with E-state index in [1.807, 2.05) is 45.0 Å². The minimum Gasteiger partial charge on any atom is -0.301 e. The molecule has 0 aliphatic rings. The van der Waals surface area contributed by atoms with Gasteiger partial charge in [0.25, 0.3) is 0 Å². The first-order valence-electron chi connectivity index (χ1n) is 5.16. The van der Waals surface area contributed by atoms with Crippen LogP contribution in [-0.2, 0) is 0 Å². The van der Waals surface area contributed by atoms with Gasteiger partial charge in [-0.15, -0.1) is 0 Å². The van der Waals surface area contributed by atoms with Crippen LogP contribution in [0.3, 0.4) is 0 Å². The minimum atomic E-state index is 0.677. The van der Waals surface area contributed by atoms with Crippen LogP contribution >= 0.6 is 0 Å². The summed E-state index contributed by atoms with van der Waals surface area (Å²) in [5.41, 5.74) is 3.91. The summed E-state index contributed by atoms with van der Waals surface area (Å²) in [5.74, 6) is 0.972. The van der Waals surface area contributed by atoms with E-state index < -0.39 is 0 Å². The second-order valence-electron chi connectivity index (χ2n) is 3.82. The maximum Gasteiger partial charge on any atom is 0.110 e. The molecule has 0 unspecified atom stereocenters. The number of imidazole rings is 1. The number of hydrogen-bond donors (Lipinski definition) is 0. The fourth-order valence-corrected chi connectivity index (χ4v) is 1.84. The zero-order valence-corrected chi connectivity index (χ0v) is 9.65. The maximum absolute atomic E-state index is 8.74. The van der Waals surface area contributed by atoms with Crippen LogP contribution in [0.15, 0.2) is 24.3 Å². The van der Waals surface area contributed by atoms with Gasteiger partial charge in [-0.05, 0) is 45.0 Å². The molecule has 0 radical (unpaired) electrons. The smallest absolute Gasteiger partial charge is 0.110 e. The Labute approximate surface area is 95.0 Å². The van der Waals surface area contributed by atoms with Gasteiger partial charge in [0.15, 0.2) is 0 Å². The molecule has 0 bridgehead atoms. The van der Waals surface area contributed by atoms with E-state index in [9.17, 15) is 0 Å². The summed E-state index contributed by atoms with van der Waals surface area (Å²) in [5, 5.41) is 8.74. The van der Waals surface area contributed by atoms with E-state index in [4.69, 9.17) is 5.26 Å². The van der Waals surface area contributed by atoms with Gasteiger partial charge in [0.05, 0.1) is 17.3 Å². The van der Waals surface area contributed by atoms with Gasteiger partial charge >= 0.3 is 0 Å². The molecule has 80 valence electrons. The van der Waals surface area contributed by atoms with Gasteiger partial charge in [-0.25, -0.2) is 4.98 Å². The fourth-order valence-electron chi connectivity index (χ4n) is 1.84. The lowest BCUT2D eigenvalue weighted by Gasteiger charge is -2.07. The van der Waals surface area contributed by atoms with E-state index in [0.29, 0.717) is 5.56 Å². The molecular weight excluding hydrogens is 198 g/mol. The Bertz CT molecular complexity index is 556. The number of rotatable bonds is 1. The predicted molar refractivity (Wildman–Crippen MR) is 62.5 cm³/mol. The number of nitriles is 1. The Morgan fingerprint density at radius 2 is 1.75 bits per heavy atom. The molecular formula is C13H13N3. The molecule has 0 amide bonds. The number of aromatic nitrogens is 2.